The summed E-state index contributed by atoms with van der Waals surface area (Å²) in [6.07, 6.45) is 1.90. The highest BCUT2D eigenvalue weighted by Crippen LogP contribution is 2.30. The van der Waals surface area contributed by atoms with Gasteiger partial charge in [-0.3, -0.25) is 14.2 Å². The summed E-state index contributed by atoms with van der Waals surface area (Å²) in [6, 6.07) is 7.24. The fraction of sp³-hybridized carbons (Fsp3) is 0.391. The fourth-order valence-electron chi connectivity index (χ4n) is 3.24. The SMILES string of the molecule is CCCCNC(=O)CSc1nc2sc(C(=O)OCC)c(C)c2c(=O)n1Cc1cccc(Cl)c1. The van der Waals surface area contributed by atoms with Crippen molar-refractivity contribution in [3.63, 3.8) is 0 Å². The van der Waals surface area contributed by atoms with Crippen molar-refractivity contribution < 1.29 is 14.3 Å². The first-order valence-electron chi connectivity index (χ1n) is 10.7. The summed E-state index contributed by atoms with van der Waals surface area (Å²) in [5, 5.41) is 4.24. The van der Waals surface area contributed by atoms with Gasteiger partial charge in [0.15, 0.2) is 5.16 Å². The molecule has 176 valence electrons. The Morgan fingerprint density at radius 1 is 1.30 bits per heavy atom. The molecule has 1 N–H and O–H groups in total. The average molecular weight is 508 g/mol. The summed E-state index contributed by atoms with van der Waals surface area (Å²) < 4.78 is 6.67. The van der Waals surface area contributed by atoms with Crippen molar-refractivity contribution in [3.05, 3.63) is 55.6 Å². The molecule has 3 rings (SSSR count). The van der Waals surface area contributed by atoms with Crippen molar-refractivity contribution in [3.8, 4) is 0 Å². The number of carbonyl (C=O) groups excluding carboxylic acids is 2. The van der Waals surface area contributed by atoms with Crippen LogP contribution in [0.4, 0.5) is 0 Å². The molecule has 2 aromatic heterocycles. The number of halogens is 1. The number of amides is 1. The van der Waals surface area contributed by atoms with Crippen molar-refractivity contribution >= 4 is 56.8 Å². The van der Waals surface area contributed by atoms with E-state index < -0.39 is 5.97 Å². The second-order valence-electron chi connectivity index (χ2n) is 7.36. The number of benzene rings is 1. The number of unbranched alkanes of at least 4 members (excludes halogenated alkanes) is 1. The molecule has 0 radical (unpaired) electrons. The van der Waals surface area contributed by atoms with E-state index in [9.17, 15) is 14.4 Å². The van der Waals surface area contributed by atoms with E-state index in [0.717, 1.165) is 29.7 Å². The van der Waals surface area contributed by atoms with Gasteiger partial charge in [-0.2, -0.15) is 0 Å². The lowest BCUT2D eigenvalue weighted by Crippen LogP contribution is -2.28. The molecule has 0 spiro atoms. The molecule has 0 unspecified atom stereocenters. The summed E-state index contributed by atoms with van der Waals surface area (Å²) in [5.74, 6) is -0.457. The van der Waals surface area contributed by atoms with Gasteiger partial charge in [0, 0.05) is 11.6 Å². The van der Waals surface area contributed by atoms with E-state index in [-0.39, 0.29) is 30.4 Å². The summed E-state index contributed by atoms with van der Waals surface area (Å²) in [6.45, 7) is 6.62. The number of ether oxygens (including phenoxy) is 1. The van der Waals surface area contributed by atoms with Gasteiger partial charge in [0.05, 0.1) is 24.3 Å². The largest absolute Gasteiger partial charge is 0.462 e. The number of thioether (sulfide) groups is 1. The number of nitrogens with zero attached hydrogens (tertiary/aromatic N) is 2. The molecule has 10 heteroatoms. The van der Waals surface area contributed by atoms with Gasteiger partial charge in [-0.05, 0) is 43.5 Å². The van der Waals surface area contributed by atoms with Crippen LogP contribution in [0.1, 0.15) is 47.5 Å². The molecule has 1 aromatic carbocycles. The number of thiophene rings is 1. The first-order valence-corrected chi connectivity index (χ1v) is 12.9. The van der Waals surface area contributed by atoms with Crippen molar-refractivity contribution in [1.82, 2.24) is 14.9 Å². The number of hydrogen-bond donors (Lipinski definition) is 1. The summed E-state index contributed by atoms with van der Waals surface area (Å²) >= 11 is 8.46. The first kappa shape index (κ1) is 25.3. The number of carbonyl (C=O) groups is 2. The molecule has 0 aliphatic heterocycles. The van der Waals surface area contributed by atoms with E-state index in [2.05, 4.69) is 17.2 Å². The standard InChI is InChI=1S/C23H26ClN3O4S2/c1-4-6-10-25-17(28)13-32-23-26-20-18(14(3)19(33-20)22(30)31-5-2)21(29)27(23)12-15-8-7-9-16(24)11-15/h7-9,11H,4-6,10,12-13H2,1-3H3,(H,25,28). The number of hydrogen-bond acceptors (Lipinski definition) is 7. The van der Waals surface area contributed by atoms with Crippen LogP contribution in [-0.2, 0) is 16.1 Å². The van der Waals surface area contributed by atoms with Crippen LogP contribution in [0.25, 0.3) is 10.2 Å². The van der Waals surface area contributed by atoms with Crippen molar-refractivity contribution in [2.75, 3.05) is 18.9 Å². The maximum atomic E-state index is 13.5. The Balaban J connectivity index is 2.02. The highest BCUT2D eigenvalue weighted by molar-refractivity contribution is 7.99. The Labute approximate surface area is 205 Å². The lowest BCUT2D eigenvalue weighted by molar-refractivity contribution is -0.118. The number of esters is 1. The molecule has 7 nitrogen and oxygen atoms in total. The summed E-state index contributed by atoms with van der Waals surface area (Å²) in [4.78, 5) is 43.6. The molecule has 0 bridgehead atoms. The normalized spacial score (nSPS) is 11.0. The van der Waals surface area contributed by atoms with Crippen LogP contribution in [0.5, 0.6) is 0 Å². The highest BCUT2D eigenvalue weighted by Gasteiger charge is 2.23. The monoisotopic (exact) mass is 507 g/mol. The molecule has 0 saturated heterocycles. The third-order valence-corrected chi connectivity index (χ3v) is 7.27. The predicted molar refractivity (Wildman–Crippen MR) is 134 cm³/mol. The maximum Gasteiger partial charge on any atom is 0.348 e. The smallest absolute Gasteiger partial charge is 0.348 e. The van der Waals surface area contributed by atoms with Gasteiger partial charge in [0.2, 0.25) is 5.91 Å². The van der Waals surface area contributed by atoms with Gasteiger partial charge in [-0.15, -0.1) is 11.3 Å². The van der Waals surface area contributed by atoms with Crippen LogP contribution in [0.2, 0.25) is 5.02 Å². The van der Waals surface area contributed by atoms with E-state index in [1.807, 2.05) is 12.1 Å². The summed E-state index contributed by atoms with van der Waals surface area (Å²) in [7, 11) is 0. The zero-order valence-corrected chi connectivity index (χ0v) is 21.2. The Kier molecular flexibility index (Phi) is 8.94. The molecule has 2 heterocycles. The van der Waals surface area contributed by atoms with E-state index in [4.69, 9.17) is 16.3 Å². The molecule has 3 aromatic rings. The van der Waals surface area contributed by atoms with Gasteiger partial charge in [0.25, 0.3) is 5.56 Å². The Morgan fingerprint density at radius 2 is 2.09 bits per heavy atom. The van der Waals surface area contributed by atoms with Gasteiger partial charge in [-0.1, -0.05) is 48.8 Å². The molecular weight excluding hydrogens is 482 g/mol. The zero-order chi connectivity index (χ0) is 24.0. The number of fused-ring (bicyclic) bond motifs is 1. The third-order valence-electron chi connectivity index (χ3n) is 4.89. The Bertz CT molecular complexity index is 1220. The van der Waals surface area contributed by atoms with Crippen LogP contribution in [0.3, 0.4) is 0 Å². The second kappa shape index (κ2) is 11.7. The predicted octanol–water partition coefficient (Wildman–Crippen LogP) is 4.65. The van der Waals surface area contributed by atoms with Crippen molar-refractivity contribution in [1.29, 1.82) is 0 Å². The summed E-state index contributed by atoms with van der Waals surface area (Å²) in [5.41, 5.74) is 1.12. The molecule has 0 aliphatic rings. The van der Waals surface area contributed by atoms with Crippen LogP contribution < -0.4 is 10.9 Å². The van der Waals surface area contributed by atoms with E-state index in [1.54, 1.807) is 26.0 Å². The first-order chi connectivity index (χ1) is 15.8. The van der Waals surface area contributed by atoms with Gasteiger partial charge >= 0.3 is 5.97 Å². The lowest BCUT2D eigenvalue weighted by Gasteiger charge is -2.13. The lowest BCUT2D eigenvalue weighted by atomic mass is 10.2. The molecule has 0 fully saturated rings. The number of rotatable bonds is 10. The molecule has 1 amide bonds. The minimum Gasteiger partial charge on any atom is -0.462 e. The topological polar surface area (TPSA) is 90.3 Å². The van der Waals surface area contributed by atoms with Crippen molar-refractivity contribution in [2.24, 2.45) is 0 Å². The van der Waals surface area contributed by atoms with E-state index >= 15 is 0 Å². The van der Waals surface area contributed by atoms with Crippen LogP contribution in [-0.4, -0.2) is 40.3 Å². The zero-order valence-electron chi connectivity index (χ0n) is 18.8. The van der Waals surface area contributed by atoms with Crippen LogP contribution in [0.15, 0.2) is 34.2 Å². The minimum absolute atomic E-state index is 0.119. The molecule has 33 heavy (non-hydrogen) atoms. The van der Waals surface area contributed by atoms with Gasteiger partial charge in [0.1, 0.15) is 9.71 Å². The number of aromatic nitrogens is 2. The number of aryl methyl sites for hydroxylation is 1. The molecule has 0 saturated carbocycles. The quantitative estimate of drug-likeness (QED) is 0.186. The Morgan fingerprint density at radius 3 is 2.79 bits per heavy atom. The second-order valence-corrected chi connectivity index (χ2v) is 9.74. The van der Waals surface area contributed by atoms with E-state index in [1.165, 1.54) is 16.3 Å². The number of nitrogens with one attached hydrogen (secondary N) is 1. The maximum absolute atomic E-state index is 13.5. The molecule has 0 aliphatic carbocycles. The fourth-order valence-corrected chi connectivity index (χ4v) is 5.40. The minimum atomic E-state index is -0.469. The van der Waals surface area contributed by atoms with Crippen LogP contribution >= 0.6 is 34.7 Å². The average Bonchev–Trinajstić information content (AvgIpc) is 3.11. The third kappa shape index (κ3) is 6.16. The van der Waals surface area contributed by atoms with Crippen LogP contribution in [0, 0.1) is 6.92 Å². The highest BCUT2D eigenvalue weighted by atomic mass is 35.5. The molecule has 0 atom stereocenters. The van der Waals surface area contributed by atoms with Gasteiger partial charge in [-0.25, -0.2) is 9.78 Å². The van der Waals surface area contributed by atoms with Gasteiger partial charge < -0.3 is 10.1 Å². The van der Waals surface area contributed by atoms with E-state index in [0.29, 0.717) is 37.4 Å². The Hall–Kier alpha value is -2.36. The van der Waals surface area contributed by atoms with Crippen molar-refractivity contribution in [2.45, 2.75) is 45.3 Å². The molecular formula is C23H26ClN3O4S2.